The fourth-order valence-electron chi connectivity index (χ4n) is 2.66. The van der Waals surface area contributed by atoms with Crippen molar-refractivity contribution in [3.63, 3.8) is 0 Å². The first-order valence-electron chi connectivity index (χ1n) is 8.49. The second-order valence-corrected chi connectivity index (χ2v) is 6.90. The molecule has 4 aromatic rings. The number of rotatable bonds is 5. The van der Waals surface area contributed by atoms with Crippen molar-refractivity contribution in [1.29, 1.82) is 0 Å². The van der Waals surface area contributed by atoms with Gasteiger partial charge in [0.05, 0.1) is 18.5 Å². The number of nitrogens with one attached hydrogen (secondary N) is 1. The third-order valence-electron chi connectivity index (χ3n) is 4.27. The standard InChI is InChI=1S/C19H17FN6OS/c1-11-4-7-14(10-16(11)20)26-12(2)17(23-25-26)18-22-19(28-24-18)21-13-5-8-15(27-3)9-6-13/h4-10H,1-3H3,(H,21,22,24). The molecule has 2 aromatic carbocycles. The third-order valence-corrected chi connectivity index (χ3v) is 4.90. The first-order valence-corrected chi connectivity index (χ1v) is 9.26. The first-order chi connectivity index (χ1) is 13.5. The maximum atomic E-state index is 13.9. The fourth-order valence-corrected chi connectivity index (χ4v) is 3.25. The number of ether oxygens (including phenoxy) is 1. The Hall–Kier alpha value is -3.33. The highest BCUT2D eigenvalue weighted by Gasteiger charge is 2.17. The van der Waals surface area contributed by atoms with Crippen LogP contribution in [0.2, 0.25) is 0 Å². The highest BCUT2D eigenvalue weighted by Crippen LogP contribution is 2.26. The second-order valence-electron chi connectivity index (χ2n) is 6.15. The van der Waals surface area contributed by atoms with Crippen LogP contribution in [0.4, 0.5) is 15.2 Å². The van der Waals surface area contributed by atoms with E-state index in [0.29, 0.717) is 27.9 Å². The molecule has 0 saturated carbocycles. The molecule has 7 nitrogen and oxygen atoms in total. The van der Waals surface area contributed by atoms with E-state index in [4.69, 9.17) is 4.74 Å². The van der Waals surface area contributed by atoms with Gasteiger partial charge in [-0.3, -0.25) is 0 Å². The second kappa shape index (κ2) is 7.35. The molecule has 142 valence electrons. The summed E-state index contributed by atoms with van der Waals surface area (Å²) < 4.78 is 25.0. The van der Waals surface area contributed by atoms with Crippen LogP contribution in [0.15, 0.2) is 42.5 Å². The van der Waals surface area contributed by atoms with Crippen molar-refractivity contribution >= 4 is 22.4 Å². The van der Waals surface area contributed by atoms with Crippen LogP contribution in [-0.4, -0.2) is 31.5 Å². The number of halogens is 1. The highest BCUT2D eigenvalue weighted by atomic mass is 32.1. The topological polar surface area (TPSA) is 77.8 Å². The van der Waals surface area contributed by atoms with E-state index in [1.54, 1.807) is 30.8 Å². The van der Waals surface area contributed by atoms with E-state index in [1.807, 2.05) is 31.2 Å². The summed E-state index contributed by atoms with van der Waals surface area (Å²) in [6, 6.07) is 12.5. The van der Waals surface area contributed by atoms with Crippen molar-refractivity contribution in [2.24, 2.45) is 0 Å². The van der Waals surface area contributed by atoms with Crippen molar-refractivity contribution in [3.05, 3.63) is 59.5 Å². The molecule has 0 spiro atoms. The molecule has 0 aliphatic heterocycles. The molecule has 4 rings (SSSR count). The molecule has 2 aromatic heterocycles. The zero-order chi connectivity index (χ0) is 19.7. The van der Waals surface area contributed by atoms with E-state index < -0.39 is 0 Å². The number of hydrogen-bond donors (Lipinski definition) is 1. The third kappa shape index (κ3) is 3.44. The fraction of sp³-hybridized carbons (Fsp3) is 0.158. The van der Waals surface area contributed by atoms with Gasteiger partial charge in [-0.1, -0.05) is 11.3 Å². The molecular weight excluding hydrogens is 379 g/mol. The van der Waals surface area contributed by atoms with Gasteiger partial charge >= 0.3 is 0 Å². The number of hydrogen-bond acceptors (Lipinski definition) is 7. The SMILES string of the molecule is COc1ccc(Nc2nc(-c3nnn(-c4ccc(C)c(F)c4)c3C)ns2)cc1. The summed E-state index contributed by atoms with van der Waals surface area (Å²) in [6.07, 6.45) is 0. The highest BCUT2D eigenvalue weighted by molar-refractivity contribution is 7.09. The lowest BCUT2D eigenvalue weighted by atomic mass is 10.2. The van der Waals surface area contributed by atoms with E-state index in [1.165, 1.54) is 17.6 Å². The van der Waals surface area contributed by atoms with Gasteiger partial charge in [0.1, 0.15) is 11.6 Å². The molecule has 9 heteroatoms. The number of methoxy groups -OCH3 is 1. The van der Waals surface area contributed by atoms with Crippen LogP contribution in [0, 0.1) is 19.7 Å². The van der Waals surface area contributed by atoms with Crippen molar-refractivity contribution in [2.45, 2.75) is 13.8 Å². The van der Waals surface area contributed by atoms with Gasteiger partial charge < -0.3 is 10.1 Å². The predicted molar refractivity (Wildman–Crippen MR) is 106 cm³/mol. The lowest BCUT2D eigenvalue weighted by molar-refractivity contribution is 0.415. The minimum atomic E-state index is -0.285. The van der Waals surface area contributed by atoms with Gasteiger partial charge in [0.25, 0.3) is 0 Å². The lowest BCUT2D eigenvalue weighted by Gasteiger charge is -2.04. The summed E-state index contributed by atoms with van der Waals surface area (Å²) in [4.78, 5) is 4.49. The van der Waals surface area contributed by atoms with Crippen LogP contribution in [-0.2, 0) is 0 Å². The van der Waals surface area contributed by atoms with Crippen LogP contribution >= 0.6 is 11.5 Å². The van der Waals surface area contributed by atoms with E-state index >= 15 is 0 Å². The lowest BCUT2D eigenvalue weighted by Crippen LogP contribution is -2.00. The maximum Gasteiger partial charge on any atom is 0.207 e. The Morgan fingerprint density at radius 1 is 1.11 bits per heavy atom. The molecule has 0 aliphatic rings. The van der Waals surface area contributed by atoms with Crippen LogP contribution in [0.25, 0.3) is 17.2 Å². The molecule has 0 fully saturated rings. The molecule has 1 N–H and O–H groups in total. The molecule has 0 unspecified atom stereocenters. The van der Waals surface area contributed by atoms with Crippen molar-refractivity contribution in [1.82, 2.24) is 24.4 Å². The molecular formula is C19H17FN6OS. The zero-order valence-electron chi connectivity index (χ0n) is 15.5. The molecule has 0 aliphatic carbocycles. The zero-order valence-corrected chi connectivity index (χ0v) is 16.3. The number of aromatic nitrogens is 5. The van der Waals surface area contributed by atoms with Crippen LogP contribution in [0.3, 0.4) is 0 Å². The molecule has 2 heterocycles. The van der Waals surface area contributed by atoms with Crippen LogP contribution in [0.5, 0.6) is 5.75 Å². The Kier molecular flexibility index (Phi) is 4.74. The van der Waals surface area contributed by atoms with Crippen molar-refractivity contribution < 1.29 is 9.13 Å². The minimum Gasteiger partial charge on any atom is -0.497 e. The molecule has 0 radical (unpaired) electrons. The van der Waals surface area contributed by atoms with E-state index in [0.717, 1.165) is 17.1 Å². The van der Waals surface area contributed by atoms with Gasteiger partial charge in [-0.25, -0.2) is 9.07 Å². The molecule has 28 heavy (non-hydrogen) atoms. The van der Waals surface area contributed by atoms with E-state index in [9.17, 15) is 4.39 Å². The molecule has 0 saturated heterocycles. The van der Waals surface area contributed by atoms with Crippen molar-refractivity contribution in [3.8, 4) is 23.0 Å². The Morgan fingerprint density at radius 2 is 1.89 bits per heavy atom. The molecule has 0 bridgehead atoms. The quantitative estimate of drug-likeness (QED) is 0.542. The van der Waals surface area contributed by atoms with Gasteiger partial charge in [0, 0.05) is 17.2 Å². The van der Waals surface area contributed by atoms with Gasteiger partial charge in [-0.2, -0.15) is 9.36 Å². The van der Waals surface area contributed by atoms with Gasteiger partial charge in [-0.05, 0) is 55.8 Å². The number of benzene rings is 2. The smallest absolute Gasteiger partial charge is 0.207 e. The monoisotopic (exact) mass is 396 g/mol. The average Bonchev–Trinajstić information content (AvgIpc) is 3.31. The summed E-state index contributed by atoms with van der Waals surface area (Å²) >= 11 is 1.23. The van der Waals surface area contributed by atoms with Gasteiger partial charge in [0.2, 0.25) is 5.13 Å². The summed E-state index contributed by atoms with van der Waals surface area (Å²) in [5.74, 6) is 0.965. The van der Waals surface area contributed by atoms with Gasteiger partial charge in [0.15, 0.2) is 11.5 Å². The number of aryl methyl sites for hydroxylation is 1. The Morgan fingerprint density at radius 3 is 2.61 bits per heavy atom. The minimum absolute atomic E-state index is 0.285. The van der Waals surface area contributed by atoms with E-state index in [2.05, 4.69) is 25.0 Å². The Balaban J connectivity index is 1.58. The largest absolute Gasteiger partial charge is 0.497 e. The summed E-state index contributed by atoms with van der Waals surface area (Å²) in [6.45, 7) is 3.57. The normalized spacial score (nSPS) is 10.9. The van der Waals surface area contributed by atoms with Gasteiger partial charge in [-0.15, -0.1) is 5.10 Å². The first kappa shape index (κ1) is 18.1. The summed E-state index contributed by atoms with van der Waals surface area (Å²) in [5.41, 5.74) is 3.35. The van der Waals surface area contributed by atoms with Crippen LogP contribution in [0.1, 0.15) is 11.3 Å². The maximum absolute atomic E-state index is 13.9. The summed E-state index contributed by atoms with van der Waals surface area (Å²) in [5, 5.41) is 12.2. The number of nitrogens with zero attached hydrogens (tertiary/aromatic N) is 5. The number of anilines is 2. The molecule has 0 amide bonds. The average molecular weight is 396 g/mol. The van der Waals surface area contributed by atoms with Crippen molar-refractivity contribution in [2.75, 3.05) is 12.4 Å². The molecule has 0 atom stereocenters. The Labute approximate surface area is 165 Å². The van der Waals surface area contributed by atoms with Crippen LogP contribution < -0.4 is 10.1 Å². The summed E-state index contributed by atoms with van der Waals surface area (Å²) in [7, 11) is 1.62. The Bertz CT molecular complexity index is 1120. The van der Waals surface area contributed by atoms with E-state index in [-0.39, 0.29) is 5.82 Å². The predicted octanol–water partition coefficient (Wildman–Crippen LogP) is 4.29.